The van der Waals surface area contributed by atoms with Gasteiger partial charge in [0.2, 0.25) is 0 Å². The van der Waals surface area contributed by atoms with E-state index in [2.05, 4.69) is 5.32 Å². The fourth-order valence-electron chi connectivity index (χ4n) is 2.38. The first-order valence-electron chi connectivity index (χ1n) is 6.43. The number of carbonyl (C=O) groups is 2. The number of carboxylic acid groups (broad SMARTS) is 1. The van der Waals surface area contributed by atoms with E-state index in [1.807, 2.05) is 19.9 Å². The number of carbonyl (C=O) groups excluding carboxylic acids is 1. The Morgan fingerprint density at radius 2 is 2.10 bits per heavy atom. The van der Waals surface area contributed by atoms with E-state index in [1.54, 1.807) is 12.1 Å². The predicted octanol–water partition coefficient (Wildman–Crippen LogP) is 2.83. The van der Waals surface area contributed by atoms with E-state index in [0.717, 1.165) is 5.56 Å². The molecule has 2 atom stereocenters. The highest BCUT2D eigenvalue weighted by molar-refractivity contribution is 6.33. The first-order valence-corrected chi connectivity index (χ1v) is 6.81. The second-order valence-corrected chi connectivity index (χ2v) is 5.65. The molecule has 0 spiro atoms. The molecule has 2 N–H and O–H groups in total. The normalized spacial score (nSPS) is 21.9. The number of benzene rings is 1. The van der Waals surface area contributed by atoms with E-state index >= 15 is 0 Å². The molecule has 1 aliphatic rings. The molecule has 0 saturated carbocycles. The van der Waals surface area contributed by atoms with Crippen LogP contribution in [0.25, 0.3) is 0 Å². The first kappa shape index (κ1) is 14.7. The second-order valence-electron chi connectivity index (χ2n) is 5.24. The zero-order valence-electron chi connectivity index (χ0n) is 11.4. The fraction of sp³-hybridized carbons (Fsp3) is 0.429. The molecule has 1 saturated heterocycles. The lowest BCUT2D eigenvalue weighted by atomic mass is 9.99. The summed E-state index contributed by atoms with van der Waals surface area (Å²) in [7, 11) is 0. The van der Waals surface area contributed by atoms with Crippen LogP contribution in [0.4, 0.5) is 10.5 Å². The number of aliphatic carboxylic acids is 1. The molecule has 5 nitrogen and oxygen atoms in total. The Morgan fingerprint density at radius 1 is 1.40 bits per heavy atom. The van der Waals surface area contributed by atoms with Gasteiger partial charge in [-0.15, -0.1) is 0 Å². The minimum atomic E-state index is -0.860. The molecule has 1 heterocycles. The molecule has 2 rings (SSSR count). The molecule has 6 heteroatoms. The quantitative estimate of drug-likeness (QED) is 0.881. The van der Waals surface area contributed by atoms with E-state index in [0.29, 0.717) is 17.3 Å². The van der Waals surface area contributed by atoms with Crippen LogP contribution >= 0.6 is 11.6 Å². The van der Waals surface area contributed by atoms with Crippen molar-refractivity contribution in [2.45, 2.75) is 13.8 Å². The summed E-state index contributed by atoms with van der Waals surface area (Å²) in [6.45, 7) is 4.41. The highest BCUT2D eigenvalue weighted by Crippen LogP contribution is 2.26. The summed E-state index contributed by atoms with van der Waals surface area (Å²) < 4.78 is 0. The number of hydrogen-bond acceptors (Lipinski definition) is 2. The van der Waals surface area contributed by atoms with Crippen LogP contribution in [0.2, 0.25) is 5.02 Å². The van der Waals surface area contributed by atoms with Gasteiger partial charge in [0.15, 0.2) is 0 Å². The van der Waals surface area contributed by atoms with Gasteiger partial charge >= 0.3 is 12.0 Å². The summed E-state index contributed by atoms with van der Waals surface area (Å²) in [4.78, 5) is 24.7. The summed E-state index contributed by atoms with van der Waals surface area (Å²) in [6.07, 6.45) is 0. The minimum Gasteiger partial charge on any atom is -0.481 e. The van der Waals surface area contributed by atoms with Gasteiger partial charge in [0.25, 0.3) is 0 Å². The van der Waals surface area contributed by atoms with Gasteiger partial charge in [0.05, 0.1) is 16.6 Å². The lowest BCUT2D eigenvalue weighted by Gasteiger charge is -2.17. The number of anilines is 1. The number of aryl methyl sites for hydroxylation is 1. The third-order valence-corrected chi connectivity index (χ3v) is 3.91. The highest BCUT2D eigenvalue weighted by atomic mass is 35.5. The monoisotopic (exact) mass is 296 g/mol. The average Bonchev–Trinajstić information content (AvgIpc) is 2.76. The molecule has 0 aliphatic carbocycles. The van der Waals surface area contributed by atoms with Crippen LogP contribution in [-0.2, 0) is 4.79 Å². The molecule has 20 heavy (non-hydrogen) atoms. The lowest BCUT2D eigenvalue weighted by Crippen LogP contribution is -2.33. The SMILES string of the molecule is Cc1ccc(Cl)c(NC(=O)N2CC(C)C(C(=O)O)C2)c1. The topological polar surface area (TPSA) is 69.6 Å². The van der Waals surface area contributed by atoms with Crippen LogP contribution < -0.4 is 5.32 Å². The molecular weight excluding hydrogens is 280 g/mol. The van der Waals surface area contributed by atoms with Gasteiger partial charge in [-0.25, -0.2) is 4.79 Å². The van der Waals surface area contributed by atoms with Gasteiger partial charge in [-0.05, 0) is 30.5 Å². The van der Waals surface area contributed by atoms with E-state index in [-0.39, 0.29) is 18.5 Å². The Labute approximate surface area is 122 Å². The van der Waals surface area contributed by atoms with Crippen LogP contribution in [0, 0.1) is 18.8 Å². The standard InChI is InChI=1S/C14H17ClN2O3/c1-8-3-4-11(15)12(5-8)16-14(20)17-6-9(2)10(7-17)13(18)19/h3-5,9-10H,6-7H2,1-2H3,(H,16,20)(H,18,19). The van der Waals surface area contributed by atoms with Crippen molar-refractivity contribution < 1.29 is 14.7 Å². The van der Waals surface area contributed by atoms with E-state index < -0.39 is 11.9 Å². The summed E-state index contributed by atoms with van der Waals surface area (Å²) >= 11 is 6.03. The van der Waals surface area contributed by atoms with E-state index in [1.165, 1.54) is 4.90 Å². The maximum absolute atomic E-state index is 12.2. The van der Waals surface area contributed by atoms with Crippen molar-refractivity contribution in [2.24, 2.45) is 11.8 Å². The van der Waals surface area contributed by atoms with Gasteiger partial charge in [-0.2, -0.15) is 0 Å². The van der Waals surface area contributed by atoms with Crippen molar-refractivity contribution in [1.82, 2.24) is 4.90 Å². The Balaban J connectivity index is 2.06. The van der Waals surface area contributed by atoms with Gasteiger partial charge in [0, 0.05) is 13.1 Å². The number of rotatable bonds is 2. The summed E-state index contributed by atoms with van der Waals surface area (Å²) in [5.41, 5.74) is 1.53. The van der Waals surface area contributed by atoms with Crippen molar-refractivity contribution in [2.75, 3.05) is 18.4 Å². The number of urea groups is 1. The molecule has 1 aliphatic heterocycles. The van der Waals surface area contributed by atoms with E-state index in [4.69, 9.17) is 16.7 Å². The van der Waals surface area contributed by atoms with Crippen molar-refractivity contribution in [3.05, 3.63) is 28.8 Å². The van der Waals surface area contributed by atoms with Crippen LogP contribution in [0.5, 0.6) is 0 Å². The van der Waals surface area contributed by atoms with Gasteiger partial charge < -0.3 is 15.3 Å². The fourth-order valence-corrected chi connectivity index (χ4v) is 2.55. The number of halogens is 1. The molecule has 2 unspecified atom stereocenters. The zero-order chi connectivity index (χ0) is 14.9. The summed E-state index contributed by atoms with van der Waals surface area (Å²) in [5.74, 6) is -1.42. The molecular formula is C14H17ClN2O3. The molecule has 2 amide bonds. The third-order valence-electron chi connectivity index (χ3n) is 3.58. The third kappa shape index (κ3) is 3.04. The Hall–Kier alpha value is -1.75. The first-order chi connectivity index (χ1) is 9.38. The smallest absolute Gasteiger partial charge is 0.321 e. The Kier molecular flexibility index (Phi) is 4.18. The van der Waals surface area contributed by atoms with Crippen LogP contribution in [0.3, 0.4) is 0 Å². The van der Waals surface area contributed by atoms with Gasteiger partial charge in [-0.1, -0.05) is 24.6 Å². The molecule has 0 aromatic heterocycles. The number of nitrogens with one attached hydrogen (secondary N) is 1. The molecule has 1 fully saturated rings. The maximum atomic E-state index is 12.2. The number of nitrogens with zero attached hydrogens (tertiary/aromatic N) is 1. The van der Waals surface area contributed by atoms with Crippen LogP contribution in [-0.4, -0.2) is 35.1 Å². The largest absolute Gasteiger partial charge is 0.481 e. The number of carboxylic acids is 1. The van der Waals surface area contributed by atoms with Crippen molar-refractivity contribution in [3.8, 4) is 0 Å². The highest BCUT2D eigenvalue weighted by Gasteiger charge is 2.37. The lowest BCUT2D eigenvalue weighted by molar-refractivity contribution is -0.142. The number of likely N-dealkylation sites (tertiary alicyclic amines) is 1. The summed E-state index contributed by atoms with van der Waals surface area (Å²) in [5, 5.41) is 12.3. The van der Waals surface area contributed by atoms with Crippen molar-refractivity contribution in [1.29, 1.82) is 0 Å². The summed E-state index contributed by atoms with van der Waals surface area (Å²) in [6, 6.07) is 5.05. The van der Waals surface area contributed by atoms with Gasteiger partial charge in [0.1, 0.15) is 0 Å². The van der Waals surface area contributed by atoms with Gasteiger partial charge in [-0.3, -0.25) is 4.79 Å². The van der Waals surface area contributed by atoms with Crippen LogP contribution in [0.15, 0.2) is 18.2 Å². The molecule has 108 valence electrons. The van der Waals surface area contributed by atoms with E-state index in [9.17, 15) is 9.59 Å². The maximum Gasteiger partial charge on any atom is 0.321 e. The second kappa shape index (κ2) is 5.71. The van der Waals surface area contributed by atoms with Crippen molar-refractivity contribution in [3.63, 3.8) is 0 Å². The van der Waals surface area contributed by atoms with Crippen molar-refractivity contribution >= 4 is 29.3 Å². The number of hydrogen-bond donors (Lipinski definition) is 2. The average molecular weight is 297 g/mol. The molecule has 1 aromatic rings. The number of amides is 2. The van der Waals surface area contributed by atoms with Crippen LogP contribution in [0.1, 0.15) is 12.5 Å². The Morgan fingerprint density at radius 3 is 2.70 bits per heavy atom. The minimum absolute atomic E-state index is 0.0498. The zero-order valence-corrected chi connectivity index (χ0v) is 12.1. The Bertz CT molecular complexity index is 547. The predicted molar refractivity (Wildman–Crippen MR) is 77.1 cm³/mol. The molecule has 1 aromatic carbocycles. The molecule has 0 bridgehead atoms. The molecule has 0 radical (unpaired) electrons.